The minimum absolute atomic E-state index is 0.253. The van der Waals surface area contributed by atoms with Crippen LogP contribution in [0.15, 0.2) is 29.3 Å². The molecule has 0 spiro atoms. The average molecular weight is 275 g/mol. The van der Waals surface area contributed by atoms with Crippen LogP contribution in [0, 0.1) is 0 Å². The highest BCUT2D eigenvalue weighted by atomic mass is 16.5. The highest BCUT2D eigenvalue weighted by Crippen LogP contribution is 2.11. The summed E-state index contributed by atoms with van der Waals surface area (Å²) in [4.78, 5) is 27.6. The predicted octanol–water partition coefficient (Wildman–Crippen LogP) is 0.0629. The third-order valence-corrected chi connectivity index (χ3v) is 3.27. The van der Waals surface area contributed by atoms with Crippen molar-refractivity contribution in [1.29, 1.82) is 0 Å². The van der Waals surface area contributed by atoms with Crippen molar-refractivity contribution in [2.45, 2.75) is 0 Å². The Hall–Kier alpha value is -2.41. The molecule has 0 aliphatic carbocycles. The lowest BCUT2D eigenvalue weighted by Gasteiger charge is -2.31. The van der Waals surface area contributed by atoms with E-state index in [1.54, 1.807) is 23.0 Å². The number of nitrogens with zero attached hydrogens (tertiary/aromatic N) is 3. The van der Waals surface area contributed by atoms with Gasteiger partial charge in [0, 0.05) is 12.4 Å². The van der Waals surface area contributed by atoms with Gasteiger partial charge in [-0.2, -0.15) is 0 Å². The molecule has 0 unspecified atom stereocenters. The number of carboxylic acid groups (broad SMARTS) is 1. The zero-order valence-electron chi connectivity index (χ0n) is 10.7. The number of morpholine rings is 1. The number of ether oxygens (including phenoxy) is 1. The van der Waals surface area contributed by atoms with Gasteiger partial charge in [-0.05, 0) is 12.1 Å². The number of aromatic nitrogens is 2. The summed E-state index contributed by atoms with van der Waals surface area (Å²) in [7, 11) is 0. The molecule has 1 aliphatic rings. The first-order valence-corrected chi connectivity index (χ1v) is 6.25. The second-order valence-electron chi connectivity index (χ2n) is 4.46. The van der Waals surface area contributed by atoms with Crippen molar-refractivity contribution in [1.82, 2.24) is 9.66 Å². The molecule has 104 valence electrons. The molecule has 1 fully saturated rings. The van der Waals surface area contributed by atoms with Gasteiger partial charge in [0.1, 0.15) is 5.56 Å². The fourth-order valence-electron chi connectivity index (χ4n) is 2.28. The molecule has 0 radical (unpaired) electrons. The molecule has 2 aromatic rings. The summed E-state index contributed by atoms with van der Waals surface area (Å²) < 4.78 is 6.92. The Labute approximate surface area is 114 Å². The minimum Gasteiger partial charge on any atom is -0.477 e. The number of aromatic carboxylic acids is 1. The van der Waals surface area contributed by atoms with E-state index in [0.717, 1.165) is 0 Å². The largest absolute Gasteiger partial charge is 0.477 e. The Bertz CT molecular complexity index is 719. The van der Waals surface area contributed by atoms with Crippen LogP contribution in [0.1, 0.15) is 10.4 Å². The molecule has 1 aliphatic heterocycles. The summed E-state index contributed by atoms with van der Waals surface area (Å²) in [6, 6.07) is 3.22. The van der Waals surface area contributed by atoms with E-state index in [1.165, 1.54) is 6.20 Å². The molecule has 2 aromatic heterocycles. The van der Waals surface area contributed by atoms with E-state index in [-0.39, 0.29) is 5.56 Å². The fourth-order valence-corrected chi connectivity index (χ4v) is 2.28. The van der Waals surface area contributed by atoms with Crippen LogP contribution in [0.3, 0.4) is 0 Å². The number of pyridine rings is 2. The highest BCUT2D eigenvalue weighted by molar-refractivity contribution is 5.91. The van der Waals surface area contributed by atoms with Crippen molar-refractivity contribution in [3.8, 4) is 0 Å². The van der Waals surface area contributed by atoms with Gasteiger partial charge in [0.05, 0.1) is 31.7 Å². The second kappa shape index (κ2) is 4.93. The molecule has 1 saturated heterocycles. The van der Waals surface area contributed by atoms with Gasteiger partial charge in [0.15, 0.2) is 5.65 Å². The molecule has 0 aromatic carbocycles. The van der Waals surface area contributed by atoms with Crippen LogP contribution in [0.25, 0.3) is 11.0 Å². The van der Waals surface area contributed by atoms with Gasteiger partial charge in [-0.25, -0.2) is 14.5 Å². The lowest BCUT2D eigenvalue weighted by molar-refractivity contribution is 0.0694. The summed E-state index contributed by atoms with van der Waals surface area (Å²) in [6.07, 6.45) is 2.92. The van der Waals surface area contributed by atoms with Crippen molar-refractivity contribution in [3.05, 3.63) is 40.3 Å². The molecule has 0 bridgehead atoms. The van der Waals surface area contributed by atoms with Gasteiger partial charge >= 0.3 is 5.97 Å². The van der Waals surface area contributed by atoms with Crippen LogP contribution in [-0.4, -0.2) is 47.0 Å². The number of hydrogen-bond acceptors (Lipinski definition) is 5. The van der Waals surface area contributed by atoms with E-state index in [4.69, 9.17) is 4.74 Å². The maximum absolute atomic E-state index is 12.1. The van der Waals surface area contributed by atoms with Gasteiger partial charge in [0.2, 0.25) is 5.43 Å². The molecule has 3 rings (SSSR count). The topological polar surface area (TPSA) is 84.7 Å². The molecular formula is C13H13N3O4. The summed E-state index contributed by atoms with van der Waals surface area (Å²) in [5.41, 5.74) is -0.300. The van der Waals surface area contributed by atoms with Gasteiger partial charge in [0.25, 0.3) is 0 Å². The second-order valence-corrected chi connectivity index (χ2v) is 4.46. The van der Waals surface area contributed by atoms with Crippen LogP contribution in [-0.2, 0) is 4.74 Å². The number of hydrogen-bond donors (Lipinski definition) is 1. The first-order valence-electron chi connectivity index (χ1n) is 6.25. The molecule has 7 nitrogen and oxygen atoms in total. The summed E-state index contributed by atoms with van der Waals surface area (Å²) >= 11 is 0. The maximum atomic E-state index is 12.1. The Morgan fingerprint density at radius 3 is 2.80 bits per heavy atom. The van der Waals surface area contributed by atoms with Gasteiger partial charge < -0.3 is 14.9 Å². The lowest BCUT2D eigenvalue weighted by atomic mass is 10.2. The van der Waals surface area contributed by atoms with Crippen LogP contribution >= 0.6 is 0 Å². The van der Waals surface area contributed by atoms with Crippen LogP contribution in [0.2, 0.25) is 0 Å². The number of carbonyl (C=O) groups is 1. The molecule has 7 heteroatoms. The molecular weight excluding hydrogens is 262 g/mol. The number of rotatable bonds is 2. The molecule has 1 N–H and O–H groups in total. The maximum Gasteiger partial charge on any atom is 0.341 e. The SMILES string of the molecule is O=C(O)c1cn(N2CCOCC2)c2ncccc2c1=O. The zero-order chi connectivity index (χ0) is 14.1. The summed E-state index contributed by atoms with van der Waals surface area (Å²) in [6.45, 7) is 2.35. The zero-order valence-corrected chi connectivity index (χ0v) is 10.7. The predicted molar refractivity (Wildman–Crippen MR) is 71.7 cm³/mol. The standard InChI is InChI=1S/C13H13N3O4/c17-11-9-2-1-3-14-12(9)16(8-10(11)13(18)19)15-4-6-20-7-5-15/h1-3,8H,4-7H2,(H,18,19). The van der Waals surface area contributed by atoms with Crippen molar-refractivity contribution in [2.75, 3.05) is 31.3 Å². The summed E-state index contributed by atoms with van der Waals surface area (Å²) in [5, 5.41) is 11.4. The van der Waals surface area contributed by atoms with Gasteiger partial charge in [-0.1, -0.05) is 0 Å². The van der Waals surface area contributed by atoms with Crippen molar-refractivity contribution in [3.63, 3.8) is 0 Å². The van der Waals surface area contributed by atoms with Gasteiger partial charge in [-0.3, -0.25) is 4.79 Å². The fraction of sp³-hybridized carbons (Fsp3) is 0.308. The van der Waals surface area contributed by atoms with E-state index in [9.17, 15) is 14.7 Å². The number of fused-ring (bicyclic) bond motifs is 1. The van der Waals surface area contributed by atoms with Crippen LogP contribution < -0.4 is 10.4 Å². The Kier molecular flexibility index (Phi) is 3.11. The Morgan fingerprint density at radius 2 is 2.10 bits per heavy atom. The van der Waals surface area contributed by atoms with Crippen LogP contribution in [0.5, 0.6) is 0 Å². The van der Waals surface area contributed by atoms with Crippen molar-refractivity contribution in [2.24, 2.45) is 0 Å². The molecule has 0 amide bonds. The minimum atomic E-state index is -1.23. The lowest BCUT2D eigenvalue weighted by Crippen LogP contribution is -2.45. The molecule has 0 atom stereocenters. The monoisotopic (exact) mass is 275 g/mol. The van der Waals surface area contributed by atoms with Crippen LogP contribution in [0.4, 0.5) is 0 Å². The highest BCUT2D eigenvalue weighted by Gasteiger charge is 2.19. The molecule has 20 heavy (non-hydrogen) atoms. The van der Waals surface area contributed by atoms with E-state index in [2.05, 4.69) is 4.98 Å². The van der Waals surface area contributed by atoms with Crippen molar-refractivity contribution >= 4 is 17.0 Å². The van der Waals surface area contributed by atoms with E-state index < -0.39 is 11.4 Å². The normalized spacial score (nSPS) is 15.5. The third-order valence-electron chi connectivity index (χ3n) is 3.27. The smallest absolute Gasteiger partial charge is 0.341 e. The first-order chi connectivity index (χ1) is 9.68. The van der Waals surface area contributed by atoms with Crippen molar-refractivity contribution < 1.29 is 14.6 Å². The number of carboxylic acids is 1. The third kappa shape index (κ3) is 2.01. The molecule has 0 saturated carbocycles. The Morgan fingerprint density at radius 1 is 1.35 bits per heavy atom. The van der Waals surface area contributed by atoms with E-state index in [1.807, 2.05) is 5.01 Å². The first kappa shape index (κ1) is 12.6. The van der Waals surface area contributed by atoms with E-state index >= 15 is 0 Å². The Balaban J connectivity index is 2.26. The van der Waals surface area contributed by atoms with E-state index in [0.29, 0.717) is 37.3 Å². The molecule has 3 heterocycles. The van der Waals surface area contributed by atoms with Gasteiger partial charge in [-0.15, -0.1) is 0 Å². The average Bonchev–Trinajstić information content (AvgIpc) is 2.48. The summed E-state index contributed by atoms with van der Waals surface area (Å²) in [5.74, 6) is -1.23. The quantitative estimate of drug-likeness (QED) is 0.834.